The average molecular weight is 282 g/mol. The number of rotatable bonds is 5. The smallest absolute Gasteiger partial charge is 0.123 e. The van der Waals surface area contributed by atoms with Gasteiger partial charge in [0.15, 0.2) is 0 Å². The molecule has 1 aliphatic carbocycles. The van der Waals surface area contributed by atoms with Gasteiger partial charge in [0.25, 0.3) is 0 Å². The van der Waals surface area contributed by atoms with Gasteiger partial charge in [0, 0.05) is 23.2 Å². The van der Waals surface area contributed by atoms with E-state index in [1.165, 1.54) is 32.1 Å². The van der Waals surface area contributed by atoms with Crippen molar-refractivity contribution in [2.24, 2.45) is 5.92 Å². The Labute approximate surface area is 121 Å². The summed E-state index contributed by atoms with van der Waals surface area (Å²) < 4.78 is 5.39. The van der Waals surface area contributed by atoms with Crippen molar-refractivity contribution in [3.63, 3.8) is 0 Å². The minimum atomic E-state index is 0.641. The Morgan fingerprint density at radius 2 is 2.11 bits per heavy atom. The summed E-state index contributed by atoms with van der Waals surface area (Å²) in [5.74, 6) is 1.74. The second-order valence-electron chi connectivity index (χ2n) is 5.40. The Morgan fingerprint density at radius 3 is 2.84 bits per heavy atom. The van der Waals surface area contributed by atoms with Gasteiger partial charge < -0.3 is 10.1 Å². The molecular weight excluding hydrogens is 258 g/mol. The molecule has 1 aromatic carbocycles. The fraction of sp³-hybridized carbons (Fsp3) is 0.625. The Morgan fingerprint density at radius 1 is 1.32 bits per heavy atom. The molecule has 106 valence electrons. The van der Waals surface area contributed by atoms with Crippen molar-refractivity contribution < 1.29 is 4.74 Å². The molecule has 1 fully saturated rings. The molecule has 1 N–H and O–H groups in total. The van der Waals surface area contributed by atoms with Crippen molar-refractivity contribution in [1.82, 2.24) is 5.32 Å². The van der Waals surface area contributed by atoms with Gasteiger partial charge in [-0.1, -0.05) is 37.8 Å². The lowest BCUT2D eigenvalue weighted by molar-refractivity contribution is 0.253. The predicted octanol–water partition coefficient (Wildman–Crippen LogP) is 4.41. The van der Waals surface area contributed by atoms with Crippen molar-refractivity contribution in [2.75, 3.05) is 7.11 Å². The van der Waals surface area contributed by atoms with E-state index in [1.807, 2.05) is 18.2 Å². The van der Waals surface area contributed by atoms with Crippen LogP contribution in [0.5, 0.6) is 5.75 Å². The maximum absolute atomic E-state index is 6.07. The van der Waals surface area contributed by atoms with Crippen molar-refractivity contribution >= 4 is 11.6 Å². The molecule has 1 aliphatic rings. The molecule has 0 spiro atoms. The molecule has 0 amide bonds. The highest BCUT2D eigenvalue weighted by atomic mass is 35.5. The SMILES string of the molecule is CCC1CCCCC1NCc1cc(Cl)ccc1OC. The molecule has 0 radical (unpaired) electrons. The summed E-state index contributed by atoms with van der Waals surface area (Å²) in [5.41, 5.74) is 1.15. The quantitative estimate of drug-likeness (QED) is 0.863. The Hall–Kier alpha value is -0.730. The van der Waals surface area contributed by atoms with E-state index in [4.69, 9.17) is 16.3 Å². The summed E-state index contributed by atoms with van der Waals surface area (Å²) in [4.78, 5) is 0. The number of hydrogen-bond acceptors (Lipinski definition) is 2. The largest absolute Gasteiger partial charge is 0.496 e. The van der Waals surface area contributed by atoms with Gasteiger partial charge in [-0.3, -0.25) is 0 Å². The lowest BCUT2D eigenvalue weighted by atomic mass is 9.83. The number of hydrogen-bond donors (Lipinski definition) is 1. The van der Waals surface area contributed by atoms with Gasteiger partial charge >= 0.3 is 0 Å². The predicted molar refractivity (Wildman–Crippen MR) is 80.9 cm³/mol. The number of nitrogens with one attached hydrogen (secondary N) is 1. The number of methoxy groups -OCH3 is 1. The van der Waals surface area contributed by atoms with Gasteiger partial charge in [-0.25, -0.2) is 0 Å². The van der Waals surface area contributed by atoms with Crippen LogP contribution in [0.15, 0.2) is 18.2 Å². The zero-order valence-corrected chi connectivity index (χ0v) is 12.7. The summed E-state index contributed by atoms with van der Waals surface area (Å²) in [7, 11) is 1.71. The zero-order chi connectivity index (χ0) is 13.7. The van der Waals surface area contributed by atoms with Gasteiger partial charge in [0.1, 0.15) is 5.75 Å². The van der Waals surface area contributed by atoms with Crippen molar-refractivity contribution in [3.05, 3.63) is 28.8 Å². The van der Waals surface area contributed by atoms with Gasteiger partial charge in [-0.2, -0.15) is 0 Å². The fourth-order valence-electron chi connectivity index (χ4n) is 3.09. The van der Waals surface area contributed by atoms with Crippen LogP contribution in [0.25, 0.3) is 0 Å². The van der Waals surface area contributed by atoms with Gasteiger partial charge in [-0.05, 0) is 37.0 Å². The second-order valence-corrected chi connectivity index (χ2v) is 5.83. The first-order valence-corrected chi connectivity index (χ1v) is 7.68. The van der Waals surface area contributed by atoms with Crippen LogP contribution < -0.4 is 10.1 Å². The van der Waals surface area contributed by atoms with Crippen LogP contribution in [-0.4, -0.2) is 13.2 Å². The van der Waals surface area contributed by atoms with E-state index in [2.05, 4.69) is 12.2 Å². The molecule has 2 nitrogen and oxygen atoms in total. The van der Waals surface area contributed by atoms with Crippen molar-refractivity contribution in [1.29, 1.82) is 0 Å². The van der Waals surface area contributed by atoms with Crippen LogP contribution in [-0.2, 0) is 6.54 Å². The number of ether oxygens (including phenoxy) is 1. The molecule has 19 heavy (non-hydrogen) atoms. The van der Waals surface area contributed by atoms with Crippen LogP contribution in [0.4, 0.5) is 0 Å². The van der Waals surface area contributed by atoms with Crippen LogP contribution in [0.3, 0.4) is 0 Å². The third-order valence-corrected chi connectivity index (χ3v) is 4.47. The topological polar surface area (TPSA) is 21.3 Å². The fourth-order valence-corrected chi connectivity index (χ4v) is 3.29. The minimum Gasteiger partial charge on any atom is -0.496 e. The van der Waals surface area contributed by atoms with E-state index in [0.29, 0.717) is 6.04 Å². The molecule has 2 unspecified atom stereocenters. The Balaban J connectivity index is 1.99. The molecule has 0 bridgehead atoms. The number of halogens is 1. The van der Waals surface area contributed by atoms with Crippen molar-refractivity contribution in [3.8, 4) is 5.75 Å². The first-order chi connectivity index (χ1) is 9.24. The third-order valence-electron chi connectivity index (χ3n) is 4.23. The van der Waals surface area contributed by atoms with Crippen LogP contribution >= 0.6 is 11.6 Å². The second kappa shape index (κ2) is 7.16. The molecular formula is C16H24ClNO. The highest BCUT2D eigenvalue weighted by molar-refractivity contribution is 6.30. The molecule has 3 heteroatoms. The highest BCUT2D eigenvalue weighted by Gasteiger charge is 2.23. The van der Waals surface area contributed by atoms with Crippen LogP contribution in [0, 0.1) is 5.92 Å². The van der Waals surface area contributed by atoms with Gasteiger partial charge in [0.05, 0.1) is 7.11 Å². The summed E-state index contributed by atoms with van der Waals surface area (Å²) in [5, 5.41) is 4.47. The van der Waals surface area contributed by atoms with Gasteiger partial charge in [0.2, 0.25) is 0 Å². The Bertz CT molecular complexity index is 408. The monoisotopic (exact) mass is 281 g/mol. The first-order valence-electron chi connectivity index (χ1n) is 7.30. The summed E-state index contributed by atoms with van der Waals surface area (Å²) in [6, 6.07) is 6.45. The standard InChI is InChI=1S/C16H24ClNO/c1-3-12-6-4-5-7-15(12)18-11-13-10-14(17)8-9-16(13)19-2/h8-10,12,15,18H,3-7,11H2,1-2H3. The molecule has 0 aliphatic heterocycles. The molecule has 0 saturated heterocycles. The van der Waals surface area contributed by atoms with E-state index >= 15 is 0 Å². The Kier molecular flexibility index (Phi) is 5.53. The zero-order valence-electron chi connectivity index (χ0n) is 11.9. The van der Waals surface area contributed by atoms with E-state index in [-0.39, 0.29) is 0 Å². The summed E-state index contributed by atoms with van der Waals surface area (Å²) >= 11 is 6.07. The van der Waals surface area contributed by atoms with E-state index < -0.39 is 0 Å². The maximum atomic E-state index is 6.07. The number of benzene rings is 1. The average Bonchev–Trinajstić information content (AvgIpc) is 2.45. The van der Waals surface area contributed by atoms with Crippen molar-refractivity contribution in [2.45, 2.75) is 51.6 Å². The molecule has 1 aromatic rings. The minimum absolute atomic E-state index is 0.641. The lowest BCUT2D eigenvalue weighted by Crippen LogP contribution is -2.37. The summed E-state index contributed by atoms with van der Waals surface area (Å²) in [6.07, 6.45) is 6.66. The lowest BCUT2D eigenvalue weighted by Gasteiger charge is -2.32. The highest BCUT2D eigenvalue weighted by Crippen LogP contribution is 2.28. The van der Waals surface area contributed by atoms with Gasteiger partial charge in [-0.15, -0.1) is 0 Å². The molecule has 2 atom stereocenters. The normalized spacial score (nSPS) is 23.3. The molecule has 1 saturated carbocycles. The summed E-state index contributed by atoms with van der Waals surface area (Å²) in [6.45, 7) is 3.13. The third kappa shape index (κ3) is 3.87. The maximum Gasteiger partial charge on any atom is 0.123 e. The molecule has 0 heterocycles. The van der Waals surface area contributed by atoms with E-state index in [0.717, 1.165) is 28.8 Å². The molecule has 2 rings (SSSR count). The van der Waals surface area contributed by atoms with E-state index in [9.17, 15) is 0 Å². The van der Waals surface area contributed by atoms with E-state index in [1.54, 1.807) is 7.11 Å². The first kappa shape index (κ1) is 14.7. The van der Waals surface area contributed by atoms with Crippen LogP contribution in [0.2, 0.25) is 5.02 Å². The molecule has 0 aromatic heterocycles. The van der Waals surface area contributed by atoms with Crippen LogP contribution in [0.1, 0.15) is 44.6 Å².